The van der Waals surface area contributed by atoms with E-state index in [0.29, 0.717) is 11.0 Å². The van der Waals surface area contributed by atoms with Gasteiger partial charge < -0.3 is 5.32 Å². The van der Waals surface area contributed by atoms with Gasteiger partial charge in [0.05, 0.1) is 11.1 Å². The summed E-state index contributed by atoms with van der Waals surface area (Å²) in [5.41, 5.74) is -4.56. The highest BCUT2D eigenvalue weighted by Gasteiger charge is 2.54. The molecular weight excluding hydrogens is 436 g/mol. The van der Waals surface area contributed by atoms with Gasteiger partial charge in [-0.2, -0.15) is 18.4 Å². The quantitative estimate of drug-likeness (QED) is 0.567. The van der Waals surface area contributed by atoms with E-state index < -0.39 is 52.5 Å². The van der Waals surface area contributed by atoms with Crippen LogP contribution < -0.4 is 15.1 Å². The Morgan fingerprint density at radius 1 is 1.19 bits per heavy atom. The number of nitrogens with one attached hydrogen (secondary N) is 1. The number of anilines is 2. The number of amides is 4. The van der Waals surface area contributed by atoms with Crippen LogP contribution in [0.15, 0.2) is 24.3 Å². The molecule has 32 heavy (non-hydrogen) atoms. The lowest BCUT2D eigenvalue weighted by Crippen LogP contribution is -2.44. The van der Waals surface area contributed by atoms with E-state index in [1.54, 1.807) is 0 Å². The molecule has 0 bridgehead atoms. The van der Waals surface area contributed by atoms with Crippen molar-refractivity contribution in [2.75, 3.05) is 16.8 Å². The number of imide groups is 1. The Kier molecular flexibility index (Phi) is 5.34. The first-order valence-electron chi connectivity index (χ1n) is 8.90. The van der Waals surface area contributed by atoms with Gasteiger partial charge in [-0.3, -0.25) is 14.5 Å². The fourth-order valence-corrected chi connectivity index (χ4v) is 3.18. The van der Waals surface area contributed by atoms with Crippen molar-refractivity contribution >= 4 is 29.4 Å². The second-order valence-corrected chi connectivity index (χ2v) is 7.14. The number of benzene rings is 1. The van der Waals surface area contributed by atoms with E-state index in [1.165, 1.54) is 33.0 Å². The highest BCUT2D eigenvalue weighted by molar-refractivity contribution is 6.29. The maximum atomic E-state index is 14.4. The molecule has 0 spiro atoms. The van der Waals surface area contributed by atoms with Gasteiger partial charge in [-0.05, 0) is 38.1 Å². The van der Waals surface area contributed by atoms with E-state index in [-0.39, 0.29) is 11.3 Å². The summed E-state index contributed by atoms with van der Waals surface area (Å²) in [5.74, 6) is -3.39. The molecule has 0 radical (unpaired) electrons. The van der Waals surface area contributed by atoms with Crippen LogP contribution in [0.5, 0.6) is 0 Å². The minimum absolute atomic E-state index is 0.112. The Bertz CT molecular complexity index is 1190. The molecule has 9 nitrogen and oxygen atoms in total. The largest absolute Gasteiger partial charge is 0.419 e. The zero-order valence-electron chi connectivity index (χ0n) is 16.8. The summed E-state index contributed by atoms with van der Waals surface area (Å²) in [6.07, 6.45) is -4.99. The average Bonchev–Trinajstić information content (AvgIpc) is 2.90. The van der Waals surface area contributed by atoms with Gasteiger partial charge in [0, 0.05) is 12.7 Å². The number of nitrogens with zero attached hydrogens (tertiary/aromatic N) is 5. The topological polar surface area (TPSA) is 119 Å². The highest BCUT2D eigenvalue weighted by Crippen LogP contribution is 2.38. The molecule has 1 aromatic carbocycles. The maximum Gasteiger partial charge on any atom is 0.419 e. The molecule has 2 aromatic rings. The van der Waals surface area contributed by atoms with Crippen molar-refractivity contribution in [2.24, 2.45) is 0 Å². The average molecular weight is 450 g/mol. The van der Waals surface area contributed by atoms with Crippen LogP contribution in [0.4, 0.5) is 33.9 Å². The molecule has 1 aliphatic heterocycles. The van der Waals surface area contributed by atoms with Gasteiger partial charge in [0.15, 0.2) is 11.5 Å². The van der Waals surface area contributed by atoms with E-state index in [4.69, 9.17) is 5.26 Å². The zero-order chi connectivity index (χ0) is 24.0. The van der Waals surface area contributed by atoms with Crippen LogP contribution in [-0.2, 0) is 11.0 Å². The summed E-state index contributed by atoms with van der Waals surface area (Å²) in [6, 6.07) is 3.68. The van der Waals surface area contributed by atoms with E-state index in [2.05, 4.69) is 15.5 Å². The zero-order valence-corrected chi connectivity index (χ0v) is 16.8. The maximum absolute atomic E-state index is 14.4. The summed E-state index contributed by atoms with van der Waals surface area (Å²) in [5, 5.41) is 17.7. The van der Waals surface area contributed by atoms with Gasteiger partial charge in [0.2, 0.25) is 0 Å². The number of rotatable bonds is 3. The van der Waals surface area contributed by atoms with Crippen molar-refractivity contribution in [1.82, 2.24) is 15.5 Å². The predicted octanol–water partition coefficient (Wildman–Crippen LogP) is 2.62. The van der Waals surface area contributed by atoms with Crippen LogP contribution in [0.25, 0.3) is 0 Å². The molecule has 3 rings (SSSR count). The number of nitriles is 1. The summed E-state index contributed by atoms with van der Waals surface area (Å²) >= 11 is 0. The first-order chi connectivity index (χ1) is 14.8. The third-order valence-corrected chi connectivity index (χ3v) is 4.77. The number of urea groups is 1. The fourth-order valence-electron chi connectivity index (χ4n) is 3.18. The third kappa shape index (κ3) is 3.49. The van der Waals surface area contributed by atoms with Crippen LogP contribution >= 0.6 is 0 Å². The summed E-state index contributed by atoms with van der Waals surface area (Å²) in [6.45, 7) is 2.61. The Morgan fingerprint density at radius 2 is 1.84 bits per heavy atom. The van der Waals surface area contributed by atoms with E-state index in [0.717, 1.165) is 17.0 Å². The lowest BCUT2D eigenvalue weighted by Gasteiger charge is -2.27. The van der Waals surface area contributed by atoms with Gasteiger partial charge in [-0.15, -0.1) is 10.2 Å². The molecule has 166 valence electrons. The molecule has 4 amide bonds. The van der Waals surface area contributed by atoms with Crippen molar-refractivity contribution in [3.63, 3.8) is 0 Å². The van der Waals surface area contributed by atoms with Gasteiger partial charge >= 0.3 is 12.2 Å². The SMILES string of the molecule is CNC(=O)c1ccc(N2C(=O)N(c3cc(C(F)(F)F)c(C#N)nn3)C(=O)C2(C)C)cc1F. The molecule has 0 saturated carbocycles. The highest BCUT2D eigenvalue weighted by atomic mass is 19.4. The van der Waals surface area contributed by atoms with E-state index >= 15 is 0 Å². The van der Waals surface area contributed by atoms with Gasteiger partial charge in [-0.25, -0.2) is 14.1 Å². The molecule has 1 fully saturated rings. The summed E-state index contributed by atoms with van der Waals surface area (Å²) in [7, 11) is 1.30. The van der Waals surface area contributed by atoms with Crippen molar-refractivity contribution in [3.8, 4) is 6.07 Å². The number of hydrogen-bond acceptors (Lipinski definition) is 6. The van der Waals surface area contributed by atoms with Crippen LogP contribution in [0, 0.1) is 17.1 Å². The van der Waals surface area contributed by atoms with Crippen molar-refractivity contribution in [3.05, 3.63) is 46.9 Å². The Labute approximate surface area is 178 Å². The van der Waals surface area contributed by atoms with Crippen molar-refractivity contribution in [1.29, 1.82) is 5.26 Å². The number of alkyl halides is 3. The molecule has 1 aromatic heterocycles. The minimum Gasteiger partial charge on any atom is -0.355 e. The second kappa shape index (κ2) is 7.56. The number of carbonyl (C=O) groups excluding carboxylic acids is 3. The monoisotopic (exact) mass is 450 g/mol. The number of carbonyl (C=O) groups is 3. The molecule has 0 unspecified atom stereocenters. The normalized spacial score (nSPS) is 15.7. The standard InChI is InChI=1S/C19H14F4N6O3/c1-18(2)16(31)28(14-7-11(19(21,22)23)13(8-24)26-27-14)17(32)29(18)9-4-5-10(12(20)6-9)15(30)25-3/h4-7H,1-3H3,(H,25,30). The number of halogens is 4. The molecule has 0 atom stereocenters. The summed E-state index contributed by atoms with van der Waals surface area (Å²) in [4.78, 5) is 38.9. The first-order valence-corrected chi connectivity index (χ1v) is 8.90. The van der Waals surface area contributed by atoms with Crippen LogP contribution in [0.1, 0.15) is 35.5 Å². The molecule has 2 heterocycles. The van der Waals surface area contributed by atoms with E-state index in [9.17, 15) is 31.9 Å². The van der Waals surface area contributed by atoms with Crippen molar-refractivity contribution in [2.45, 2.75) is 25.6 Å². The van der Waals surface area contributed by atoms with Crippen LogP contribution in [0.2, 0.25) is 0 Å². The molecular formula is C19H14F4N6O3. The lowest BCUT2D eigenvalue weighted by atomic mass is 10.0. The first kappa shape index (κ1) is 22.6. The summed E-state index contributed by atoms with van der Waals surface area (Å²) < 4.78 is 54.3. The molecule has 1 aliphatic rings. The molecule has 13 heteroatoms. The van der Waals surface area contributed by atoms with E-state index in [1.807, 2.05) is 0 Å². The smallest absolute Gasteiger partial charge is 0.355 e. The molecule has 1 saturated heterocycles. The molecule has 0 aliphatic carbocycles. The van der Waals surface area contributed by atoms with Crippen LogP contribution in [0.3, 0.4) is 0 Å². The number of aromatic nitrogens is 2. The number of hydrogen-bond donors (Lipinski definition) is 1. The van der Waals surface area contributed by atoms with Gasteiger partial charge in [0.25, 0.3) is 11.8 Å². The van der Waals surface area contributed by atoms with Gasteiger partial charge in [0.1, 0.15) is 17.4 Å². The third-order valence-electron chi connectivity index (χ3n) is 4.77. The van der Waals surface area contributed by atoms with Crippen molar-refractivity contribution < 1.29 is 31.9 Å². The van der Waals surface area contributed by atoms with Gasteiger partial charge in [-0.1, -0.05) is 0 Å². The fraction of sp³-hybridized carbons (Fsp3) is 0.263. The van der Waals surface area contributed by atoms with Crippen LogP contribution in [-0.4, -0.2) is 40.6 Å². The molecule has 1 N–H and O–H groups in total. The Morgan fingerprint density at radius 3 is 2.38 bits per heavy atom. The lowest BCUT2D eigenvalue weighted by molar-refractivity contribution is -0.138. The predicted molar refractivity (Wildman–Crippen MR) is 101 cm³/mol. The second-order valence-electron chi connectivity index (χ2n) is 7.14. The Hall–Kier alpha value is -4.08. The Balaban J connectivity index is 2.10. The minimum atomic E-state index is -4.99.